The van der Waals surface area contributed by atoms with Crippen LogP contribution in [0.2, 0.25) is 6.82 Å². The molecule has 0 radical (unpaired) electrons. The lowest BCUT2D eigenvalue weighted by Crippen LogP contribution is -2.55. The molecule has 2 aliphatic rings. The second kappa shape index (κ2) is 5.88. The van der Waals surface area contributed by atoms with Gasteiger partial charge in [0.1, 0.15) is 0 Å². The van der Waals surface area contributed by atoms with E-state index in [1.807, 2.05) is 6.82 Å². The summed E-state index contributed by atoms with van der Waals surface area (Å²) in [6.07, 6.45) is 4.80. The van der Waals surface area contributed by atoms with Crippen LogP contribution in [0.25, 0.3) is 0 Å². The summed E-state index contributed by atoms with van der Waals surface area (Å²) < 4.78 is 0. The first-order valence-electron chi connectivity index (χ1n) is 7.86. The maximum atomic E-state index is 9.65. The first kappa shape index (κ1) is 14.1. The lowest BCUT2D eigenvalue weighted by Gasteiger charge is -2.43. The molecule has 3 nitrogen and oxygen atoms in total. The molecule has 1 aromatic rings. The molecule has 1 aromatic carbocycles. The largest absolute Gasteiger partial charge is 0.437 e. The Labute approximate surface area is 122 Å². The SMILES string of the molecule is CB(O)N1CCC1CCN(C)C1Cc2ccccc2C1. The highest BCUT2D eigenvalue weighted by Crippen LogP contribution is 2.26. The molecule has 1 atom stereocenters. The molecule has 1 saturated heterocycles. The standard InChI is InChI=1S/C16H25BN2O/c1-17(20)19-10-8-15(19)7-9-18(2)16-11-13-5-3-4-6-14(13)12-16/h3-6,15-16,20H,7-12H2,1-2H3. The van der Waals surface area contributed by atoms with E-state index < -0.39 is 0 Å². The van der Waals surface area contributed by atoms with E-state index in [1.54, 1.807) is 0 Å². The Balaban J connectivity index is 1.48. The maximum absolute atomic E-state index is 9.65. The highest BCUT2D eigenvalue weighted by Gasteiger charge is 2.33. The average Bonchev–Trinajstić information content (AvgIpc) is 2.80. The van der Waals surface area contributed by atoms with Gasteiger partial charge in [0.05, 0.1) is 0 Å². The zero-order chi connectivity index (χ0) is 14.1. The quantitative estimate of drug-likeness (QED) is 0.826. The van der Waals surface area contributed by atoms with Gasteiger partial charge in [-0.3, -0.25) is 0 Å². The molecule has 20 heavy (non-hydrogen) atoms. The second-order valence-corrected chi connectivity index (χ2v) is 6.41. The summed E-state index contributed by atoms with van der Waals surface area (Å²) in [6.45, 7) is 4.07. The highest BCUT2D eigenvalue weighted by atomic mass is 16.2. The maximum Gasteiger partial charge on any atom is 0.376 e. The van der Waals surface area contributed by atoms with Crippen molar-refractivity contribution in [2.24, 2.45) is 0 Å². The molecule has 0 spiro atoms. The monoisotopic (exact) mass is 272 g/mol. The highest BCUT2D eigenvalue weighted by molar-refractivity contribution is 6.45. The van der Waals surface area contributed by atoms with E-state index in [9.17, 15) is 5.02 Å². The van der Waals surface area contributed by atoms with Gasteiger partial charge in [0, 0.05) is 12.1 Å². The van der Waals surface area contributed by atoms with Gasteiger partial charge in [0.15, 0.2) is 0 Å². The molecular weight excluding hydrogens is 247 g/mol. The summed E-state index contributed by atoms with van der Waals surface area (Å²) in [6, 6.07) is 10.1. The Morgan fingerprint density at radius 3 is 2.45 bits per heavy atom. The van der Waals surface area contributed by atoms with E-state index in [0.29, 0.717) is 12.1 Å². The van der Waals surface area contributed by atoms with Crippen LogP contribution >= 0.6 is 0 Å². The van der Waals surface area contributed by atoms with Crippen LogP contribution in [0.4, 0.5) is 0 Å². The van der Waals surface area contributed by atoms with Gasteiger partial charge in [-0.1, -0.05) is 24.3 Å². The third kappa shape index (κ3) is 2.78. The first-order chi connectivity index (χ1) is 9.65. The van der Waals surface area contributed by atoms with Crippen LogP contribution in [-0.2, 0) is 12.8 Å². The number of benzene rings is 1. The van der Waals surface area contributed by atoms with Gasteiger partial charge < -0.3 is 14.7 Å². The molecule has 1 aliphatic carbocycles. The fourth-order valence-corrected chi connectivity index (χ4v) is 3.65. The zero-order valence-corrected chi connectivity index (χ0v) is 12.6. The van der Waals surface area contributed by atoms with Gasteiger partial charge in [-0.05, 0) is 63.8 Å². The molecule has 1 N–H and O–H groups in total. The van der Waals surface area contributed by atoms with Gasteiger partial charge in [-0.25, -0.2) is 0 Å². The van der Waals surface area contributed by atoms with E-state index in [-0.39, 0.29) is 7.05 Å². The second-order valence-electron chi connectivity index (χ2n) is 6.41. The Hall–Kier alpha value is -0.835. The molecule has 0 aromatic heterocycles. The van der Waals surface area contributed by atoms with Gasteiger partial charge in [0.2, 0.25) is 0 Å². The fourth-order valence-electron chi connectivity index (χ4n) is 3.65. The topological polar surface area (TPSA) is 26.7 Å². The van der Waals surface area contributed by atoms with Crippen LogP contribution < -0.4 is 0 Å². The summed E-state index contributed by atoms with van der Waals surface area (Å²) in [7, 11) is 1.97. The van der Waals surface area contributed by atoms with E-state index >= 15 is 0 Å². The van der Waals surface area contributed by atoms with E-state index in [0.717, 1.165) is 13.1 Å². The Morgan fingerprint density at radius 1 is 1.30 bits per heavy atom. The Bertz CT molecular complexity index is 441. The van der Waals surface area contributed by atoms with Crippen LogP contribution in [0, 0.1) is 0 Å². The van der Waals surface area contributed by atoms with Gasteiger partial charge in [-0.15, -0.1) is 0 Å². The number of hydrogen-bond acceptors (Lipinski definition) is 3. The first-order valence-corrected chi connectivity index (χ1v) is 7.86. The van der Waals surface area contributed by atoms with E-state index in [4.69, 9.17) is 0 Å². The smallest absolute Gasteiger partial charge is 0.376 e. The Morgan fingerprint density at radius 2 is 1.95 bits per heavy atom. The van der Waals surface area contributed by atoms with E-state index in [2.05, 4.69) is 41.0 Å². The summed E-state index contributed by atoms with van der Waals surface area (Å²) in [5.74, 6) is 0. The summed E-state index contributed by atoms with van der Waals surface area (Å²) >= 11 is 0. The third-order valence-electron chi connectivity index (χ3n) is 5.14. The number of nitrogens with zero attached hydrogens (tertiary/aromatic N) is 2. The number of likely N-dealkylation sites (N-methyl/N-ethyl adjacent to an activating group) is 1. The van der Waals surface area contributed by atoms with Crippen LogP contribution in [0.15, 0.2) is 24.3 Å². The normalized spacial score (nSPS) is 22.9. The molecule has 1 aliphatic heterocycles. The van der Waals surface area contributed by atoms with Crippen molar-refractivity contribution in [3.8, 4) is 0 Å². The molecule has 0 saturated carbocycles. The van der Waals surface area contributed by atoms with Crippen LogP contribution in [0.3, 0.4) is 0 Å². The summed E-state index contributed by atoms with van der Waals surface area (Å²) in [5.41, 5.74) is 3.05. The minimum atomic E-state index is -0.283. The number of fused-ring (bicyclic) bond motifs is 1. The molecule has 0 bridgehead atoms. The van der Waals surface area contributed by atoms with Gasteiger partial charge in [-0.2, -0.15) is 0 Å². The average molecular weight is 272 g/mol. The molecule has 3 rings (SSSR count). The van der Waals surface area contributed by atoms with Crippen molar-refractivity contribution in [3.05, 3.63) is 35.4 Å². The van der Waals surface area contributed by atoms with Crippen molar-refractivity contribution >= 4 is 7.05 Å². The van der Waals surface area contributed by atoms with Crippen molar-refractivity contribution < 1.29 is 5.02 Å². The van der Waals surface area contributed by atoms with Crippen molar-refractivity contribution in [1.29, 1.82) is 0 Å². The number of rotatable bonds is 5. The number of hydrogen-bond donors (Lipinski definition) is 1. The predicted octanol–water partition coefficient (Wildman–Crippen LogP) is 1.66. The summed E-state index contributed by atoms with van der Waals surface area (Å²) in [4.78, 5) is 4.72. The lowest BCUT2D eigenvalue weighted by atomic mass is 9.77. The fraction of sp³-hybridized carbons (Fsp3) is 0.625. The van der Waals surface area contributed by atoms with Crippen molar-refractivity contribution in [1.82, 2.24) is 9.71 Å². The minimum Gasteiger partial charge on any atom is -0.437 e. The van der Waals surface area contributed by atoms with Crippen LogP contribution in [-0.4, -0.2) is 54.0 Å². The minimum absolute atomic E-state index is 0.283. The Kier molecular flexibility index (Phi) is 4.15. The lowest BCUT2D eigenvalue weighted by molar-refractivity contribution is 0.136. The molecule has 4 heteroatoms. The third-order valence-corrected chi connectivity index (χ3v) is 5.14. The molecule has 0 amide bonds. The molecule has 1 fully saturated rings. The van der Waals surface area contributed by atoms with Gasteiger partial charge >= 0.3 is 7.05 Å². The van der Waals surface area contributed by atoms with Crippen LogP contribution in [0.1, 0.15) is 24.0 Å². The molecule has 108 valence electrons. The van der Waals surface area contributed by atoms with Crippen LogP contribution in [0.5, 0.6) is 0 Å². The molecule has 1 unspecified atom stereocenters. The molecular formula is C16H25BN2O. The summed E-state index contributed by atoms with van der Waals surface area (Å²) in [5, 5.41) is 9.65. The van der Waals surface area contributed by atoms with Crippen molar-refractivity contribution in [2.45, 2.75) is 44.6 Å². The van der Waals surface area contributed by atoms with Gasteiger partial charge in [0.25, 0.3) is 0 Å². The zero-order valence-electron chi connectivity index (χ0n) is 12.6. The van der Waals surface area contributed by atoms with Crippen molar-refractivity contribution in [3.63, 3.8) is 0 Å². The predicted molar refractivity (Wildman–Crippen MR) is 83.8 cm³/mol. The molecule has 1 heterocycles. The van der Waals surface area contributed by atoms with E-state index in [1.165, 1.54) is 36.8 Å². The van der Waals surface area contributed by atoms with Crippen molar-refractivity contribution in [2.75, 3.05) is 20.1 Å².